The van der Waals surface area contributed by atoms with Gasteiger partial charge in [0.05, 0.1) is 11.4 Å². The van der Waals surface area contributed by atoms with Crippen molar-refractivity contribution in [2.45, 2.75) is 34.1 Å². The van der Waals surface area contributed by atoms with Gasteiger partial charge >= 0.3 is 6.03 Å². The first-order chi connectivity index (χ1) is 9.95. The Morgan fingerprint density at radius 1 is 1.24 bits per heavy atom. The molecule has 112 valence electrons. The summed E-state index contributed by atoms with van der Waals surface area (Å²) >= 11 is 1.55. The van der Waals surface area contributed by atoms with Crippen LogP contribution in [0.3, 0.4) is 0 Å². The molecule has 21 heavy (non-hydrogen) atoms. The van der Waals surface area contributed by atoms with E-state index in [-0.39, 0.29) is 6.03 Å². The van der Waals surface area contributed by atoms with Crippen molar-refractivity contribution in [3.8, 4) is 0 Å². The molecule has 0 aliphatic rings. The van der Waals surface area contributed by atoms with Crippen molar-refractivity contribution in [3.63, 3.8) is 0 Å². The average Bonchev–Trinajstić information content (AvgIpc) is 2.79. The van der Waals surface area contributed by atoms with Gasteiger partial charge in [-0.05, 0) is 39.3 Å². The molecule has 2 N–H and O–H groups in total. The second kappa shape index (κ2) is 6.62. The molecule has 0 fully saturated rings. The van der Waals surface area contributed by atoms with Crippen LogP contribution in [0, 0.1) is 27.7 Å². The third-order valence-corrected chi connectivity index (χ3v) is 3.85. The van der Waals surface area contributed by atoms with Crippen molar-refractivity contribution in [2.24, 2.45) is 0 Å². The highest BCUT2D eigenvalue weighted by Crippen LogP contribution is 2.18. The van der Waals surface area contributed by atoms with Crippen LogP contribution in [0.4, 0.5) is 10.5 Å². The zero-order valence-corrected chi connectivity index (χ0v) is 13.5. The lowest BCUT2D eigenvalue weighted by molar-refractivity contribution is 0.252. The molecular weight excluding hydrogens is 286 g/mol. The number of carbonyl (C=O) groups is 1. The Balaban J connectivity index is 1.87. The van der Waals surface area contributed by atoms with Gasteiger partial charge < -0.3 is 10.6 Å². The highest BCUT2D eigenvalue weighted by Gasteiger charge is 2.09. The number of nitrogens with zero attached hydrogens (tertiary/aromatic N) is 3. The largest absolute Gasteiger partial charge is 0.337 e. The minimum absolute atomic E-state index is 0.229. The maximum atomic E-state index is 11.9. The van der Waals surface area contributed by atoms with Gasteiger partial charge in [0.2, 0.25) is 0 Å². The summed E-state index contributed by atoms with van der Waals surface area (Å²) in [5.74, 6) is 0. The second-order valence-corrected chi connectivity index (χ2v) is 6.15. The summed E-state index contributed by atoms with van der Waals surface area (Å²) in [4.78, 5) is 16.3. The second-order valence-electron chi connectivity index (χ2n) is 4.89. The smallest absolute Gasteiger partial charge is 0.319 e. The molecule has 0 aliphatic carbocycles. The van der Waals surface area contributed by atoms with Gasteiger partial charge in [-0.15, -0.1) is 21.5 Å². The fraction of sp³-hybridized carbons (Fsp3) is 0.429. The molecule has 7 heteroatoms. The normalized spacial score (nSPS) is 10.5. The van der Waals surface area contributed by atoms with E-state index >= 15 is 0 Å². The number of nitrogens with one attached hydrogen (secondary N) is 2. The van der Waals surface area contributed by atoms with Gasteiger partial charge in [0.25, 0.3) is 0 Å². The topological polar surface area (TPSA) is 79.8 Å². The van der Waals surface area contributed by atoms with Gasteiger partial charge in [-0.3, -0.25) is 4.98 Å². The minimum atomic E-state index is -0.229. The molecule has 0 aliphatic heterocycles. The number of anilines is 1. The van der Waals surface area contributed by atoms with Gasteiger partial charge in [0.1, 0.15) is 10.0 Å². The first-order valence-corrected chi connectivity index (χ1v) is 7.56. The number of aromatic nitrogens is 3. The van der Waals surface area contributed by atoms with Crippen LogP contribution in [0.25, 0.3) is 0 Å². The van der Waals surface area contributed by atoms with Gasteiger partial charge in [0.15, 0.2) is 0 Å². The van der Waals surface area contributed by atoms with Crippen LogP contribution in [0.2, 0.25) is 0 Å². The third-order valence-electron chi connectivity index (χ3n) is 2.96. The molecule has 0 atom stereocenters. The fourth-order valence-electron chi connectivity index (χ4n) is 2.09. The van der Waals surface area contributed by atoms with Gasteiger partial charge in [-0.2, -0.15) is 0 Å². The summed E-state index contributed by atoms with van der Waals surface area (Å²) in [7, 11) is 0. The lowest BCUT2D eigenvalue weighted by Crippen LogP contribution is -2.31. The van der Waals surface area contributed by atoms with E-state index in [2.05, 4.69) is 25.8 Å². The van der Waals surface area contributed by atoms with Crippen LogP contribution in [0.1, 0.15) is 27.0 Å². The predicted octanol–water partition coefficient (Wildman–Crippen LogP) is 2.53. The molecule has 6 nitrogen and oxygen atoms in total. The minimum Gasteiger partial charge on any atom is -0.337 e. The van der Waals surface area contributed by atoms with E-state index in [4.69, 9.17) is 0 Å². The maximum Gasteiger partial charge on any atom is 0.319 e. The molecule has 0 radical (unpaired) electrons. The molecule has 0 bridgehead atoms. The first kappa shape index (κ1) is 15.4. The number of aryl methyl sites for hydroxylation is 4. The summed E-state index contributed by atoms with van der Waals surface area (Å²) in [5, 5.41) is 15.5. The van der Waals surface area contributed by atoms with E-state index in [9.17, 15) is 4.79 Å². The highest BCUT2D eigenvalue weighted by atomic mass is 32.1. The molecule has 2 aromatic heterocycles. The van der Waals surface area contributed by atoms with Crippen molar-refractivity contribution in [1.82, 2.24) is 20.5 Å². The zero-order chi connectivity index (χ0) is 15.4. The van der Waals surface area contributed by atoms with Gasteiger partial charge in [0, 0.05) is 18.7 Å². The first-order valence-electron chi connectivity index (χ1n) is 6.74. The summed E-state index contributed by atoms with van der Waals surface area (Å²) < 4.78 is 0. The van der Waals surface area contributed by atoms with E-state index in [1.165, 1.54) is 0 Å². The van der Waals surface area contributed by atoms with Crippen LogP contribution in [-0.2, 0) is 6.42 Å². The Bertz CT molecular complexity index is 630. The molecule has 2 amide bonds. The van der Waals surface area contributed by atoms with E-state index in [0.29, 0.717) is 13.0 Å². The fourth-order valence-corrected chi connectivity index (χ4v) is 2.80. The molecular formula is C14H19N5OS. The van der Waals surface area contributed by atoms with Crippen LogP contribution in [-0.4, -0.2) is 27.8 Å². The highest BCUT2D eigenvalue weighted by molar-refractivity contribution is 7.11. The van der Waals surface area contributed by atoms with Crippen molar-refractivity contribution in [1.29, 1.82) is 0 Å². The number of pyridine rings is 1. The molecule has 0 saturated carbocycles. The zero-order valence-electron chi connectivity index (χ0n) is 12.6. The number of carbonyl (C=O) groups excluding carboxylic acids is 1. The summed E-state index contributed by atoms with van der Waals surface area (Å²) in [6, 6.07) is 1.72. The molecule has 2 heterocycles. The number of hydrogen-bond acceptors (Lipinski definition) is 5. The average molecular weight is 305 g/mol. The molecule has 0 saturated heterocycles. The van der Waals surface area contributed by atoms with Crippen molar-refractivity contribution in [3.05, 3.63) is 33.0 Å². The molecule has 0 unspecified atom stereocenters. The van der Waals surface area contributed by atoms with Gasteiger partial charge in [-0.1, -0.05) is 0 Å². The Hall–Kier alpha value is -2.02. The summed E-state index contributed by atoms with van der Waals surface area (Å²) in [6.07, 6.45) is 0.684. The summed E-state index contributed by atoms with van der Waals surface area (Å²) in [5.41, 5.74) is 3.55. The Kier molecular flexibility index (Phi) is 4.85. The van der Waals surface area contributed by atoms with Crippen LogP contribution in [0.5, 0.6) is 0 Å². The Morgan fingerprint density at radius 3 is 2.62 bits per heavy atom. The lowest BCUT2D eigenvalue weighted by atomic mass is 10.1. The van der Waals surface area contributed by atoms with E-state index in [1.54, 1.807) is 11.3 Å². The SMILES string of the molecule is Cc1cc(C)c(NC(=O)NCCc2nnc(C)s2)c(C)n1. The van der Waals surface area contributed by atoms with Crippen molar-refractivity contribution < 1.29 is 4.79 Å². The van der Waals surface area contributed by atoms with Crippen LogP contribution >= 0.6 is 11.3 Å². The van der Waals surface area contributed by atoms with Crippen LogP contribution in [0.15, 0.2) is 6.07 Å². The summed E-state index contributed by atoms with van der Waals surface area (Å²) in [6.45, 7) is 8.23. The van der Waals surface area contributed by atoms with E-state index in [0.717, 1.165) is 32.7 Å². The van der Waals surface area contributed by atoms with Crippen molar-refractivity contribution >= 4 is 23.1 Å². The van der Waals surface area contributed by atoms with Crippen molar-refractivity contribution in [2.75, 3.05) is 11.9 Å². The molecule has 0 spiro atoms. The van der Waals surface area contributed by atoms with E-state index in [1.807, 2.05) is 33.8 Å². The molecule has 2 aromatic rings. The van der Waals surface area contributed by atoms with Crippen LogP contribution < -0.4 is 10.6 Å². The standard InChI is InChI=1S/C14H19N5OS/c1-8-7-9(2)16-10(3)13(8)17-14(20)15-6-5-12-19-18-11(4)21-12/h7H,5-6H2,1-4H3,(H2,15,17,20). The molecule has 0 aromatic carbocycles. The maximum absolute atomic E-state index is 11.9. The van der Waals surface area contributed by atoms with E-state index < -0.39 is 0 Å². The van der Waals surface area contributed by atoms with Gasteiger partial charge in [-0.25, -0.2) is 4.79 Å². The monoisotopic (exact) mass is 305 g/mol. The predicted molar refractivity (Wildman–Crippen MR) is 83.8 cm³/mol. The Morgan fingerprint density at radius 2 is 2.00 bits per heavy atom. The number of urea groups is 1. The number of amides is 2. The Labute approximate surface area is 128 Å². The quantitative estimate of drug-likeness (QED) is 0.909. The number of rotatable bonds is 4. The molecule has 2 rings (SSSR count). The lowest BCUT2D eigenvalue weighted by Gasteiger charge is -2.12. The third kappa shape index (κ3) is 4.22. The number of hydrogen-bond donors (Lipinski definition) is 2.